The van der Waals surface area contributed by atoms with Crippen LogP contribution < -0.4 is 5.32 Å². The number of para-hydroxylation sites is 1. The molecule has 2 aromatic carbocycles. The van der Waals surface area contributed by atoms with Crippen LogP contribution in [0.4, 0.5) is 10.1 Å². The largest absolute Gasteiger partial charge is 0.337 e. The molecule has 0 aliphatic heterocycles. The number of hydrogen-bond donors (Lipinski definition) is 3. The lowest BCUT2D eigenvalue weighted by Crippen LogP contribution is -2.11. The molecule has 0 saturated carbocycles. The number of fused-ring (bicyclic) bond motifs is 2. The second-order valence-corrected chi connectivity index (χ2v) is 9.89. The van der Waals surface area contributed by atoms with E-state index in [1.54, 1.807) is 36.8 Å². The highest BCUT2D eigenvalue weighted by Gasteiger charge is 2.17. The normalized spacial score (nSPS) is 11.3. The van der Waals surface area contributed by atoms with Gasteiger partial charge < -0.3 is 10.3 Å². The van der Waals surface area contributed by atoms with E-state index in [9.17, 15) is 9.18 Å². The number of nitrogens with one attached hydrogen (secondary N) is 3. The zero-order chi connectivity index (χ0) is 26.3. The van der Waals surface area contributed by atoms with Crippen LogP contribution in [-0.2, 0) is 0 Å². The molecule has 10 heteroatoms. The molecule has 7 rings (SSSR count). The first kappa shape index (κ1) is 22.9. The average molecular weight is 532 g/mol. The molecule has 0 spiro atoms. The SMILES string of the molecule is O=C(Nc1cncc(-c2cc3c(-c4nc5c(-c6ccc(F)s6)cccc5[nH]4)n[nH]c3cn2)c1)c1ccccc1. The van der Waals surface area contributed by atoms with E-state index in [-0.39, 0.29) is 11.0 Å². The van der Waals surface area contributed by atoms with Gasteiger partial charge in [0, 0.05) is 33.2 Å². The number of hydrogen-bond acceptors (Lipinski definition) is 6. The molecule has 0 bridgehead atoms. The molecule has 0 saturated heterocycles. The van der Waals surface area contributed by atoms with Crippen molar-refractivity contribution < 1.29 is 9.18 Å². The number of pyridine rings is 2. The molecule has 3 N–H and O–H groups in total. The number of benzene rings is 2. The smallest absolute Gasteiger partial charge is 0.255 e. The first-order chi connectivity index (χ1) is 19.1. The summed E-state index contributed by atoms with van der Waals surface area (Å²) in [6.07, 6.45) is 5.00. The third-order valence-corrected chi connectivity index (χ3v) is 7.26. The fourth-order valence-corrected chi connectivity index (χ4v) is 5.26. The molecule has 0 fully saturated rings. The number of aromatic amines is 2. The van der Waals surface area contributed by atoms with Crippen LogP contribution in [0.3, 0.4) is 0 Å². The van der Waals surface area contributed by atoms with Crippen LogP contribution in [0.1, 0.15) is 10.4 Å². The van der Waals surface area contributed by atoms with Crippen LogP contribution in [0, 0.1) is 5.13 Å². The zero-order valence-corrected chi connectivity index (χ0v) is 21.0. The number of halogens is 1. The molecule has 8 nitrogen and oxygen atoms in total. The number of aromatic nitrogens is 6. The number of H-pyrrole nitrogens is 2. The van der Waals surface area contributed by atoms with E-state index in [1.165, 1.54) is 6.07 Å². The van der Waals surface area contributed by atoms with Crippen LogP contribution >= 0.6 is 11.3 Å². The minimum Gasteiger partial charge on any atom is -0.337 e. The maximum atomic E-state index is 13.7. The Labute approximate surface area is 224 Å². The Balaban J connectivity index is 1.25. The highest BCUT2D eigenvalue weighted by Crippen LogP contribution is 2.35. The lowest BCUT2D eigenvalue weighted by molar-refractivity contribution is 0.102. The van der Waals surface area contributed by atoms with Crippen molar-refractivity contribution in [3.8, 4) is 33.2 Å². The molecular formula is C29H18FN7OS. The van der Waals surface area contributed by atoms with Gasteiger partial charge in [0.1, 0.15) is 5.69 Å². The number of anilines is 1. The van der Waals surface area contributed by atoms with Gasteiger partial charge in [0.2, 0.25) is 0 Å². The summed E-state index contributed by atoms with van der Waals surface area (Å²) in [6.45, 7) is 0. The second-order valence-electron chi connectivity index (χ2n) is 8.86. The number of imidazole rings is 1. The molecule has 5 aromatic heterocycles. The van der Waals surface area contributed by atoms with E-state index in [4.69, 9.17) is 4.98 Å². The molecule has 0 atom stereocenters. The van der Waals surface area contributed by atoms with Crippen LogP contribution in [0.15, 0.2) is 91.4 Å². The van der Waals surface area contributed by atoms with Gasteiger partial charge in [-0.1, -0.05) is 30.3 Å². The van der Waals surface area contributed by atoms with Gasteiger partial charge in [0.15, 0.2) is 11.0 Å². The van der Waals surface area contributed by atoms with Gasteiger partial charge in [-0.15, -0.1) is 11.3 Å². The lowest BCUT2D eigenvalue weighted by Gasteiger charge is -2.07. The number of carbonyl (C=O) groups is 1. The van der Waals surface area contributed by atoms with Crippen LogP contribution in [-0.4, -0.2) is 36.0 Å². The van der Waals surface area contributed by atoms with Crippen LogP contribution in [0.5, 0.6) is 0 Å². The topological polar surface area (TPSA) is 112 Å². The van der Waals surface area contributed by atoms with Crippen molar-refractivity contribution in [3.63, 3.8) is 0 Å². The molecule has 7 aromatic rings. The Kier molecular flexibility index (Phi) is 5.45. The number of carbonyl (C=O) groups excluding carboxylic acids is 1. The van der Waals surface area contributed by atoms with Crippen molar-refractivity contribution in [2.45, 2.75) is 0 Å². The summed E-state index contributed by atoms with van der Waals surface area (Å²) >= 11 is 1.09. The Morgan fingerprint density at radius 2 is 1.82 bits per heavy atom. The molecule has 5 heterocycles. The van der Waals surface area contributed by atoms with E-state index in [2.05, 4.69) is 30.5 Å². The summed E-state index contributed by atoms with van der Waals surface area (Å²) in [4.78, 5) is 30.5. The van der Waals surface area contributed by atoms with E-state index in [0.29, 0.717) is 28.5 Å². The Hall–Kier alpha value is -5.22. The summed E-state index contributed by atoms with van der Waals surface area (Å²) < 4.78 is 13.7. The summed E-state index contributed by atoms with van der Waals surface area (Å²) in [6, 6.07) is 21.7. The molecule has 0 aliphatic carbocycles. The Morgan fingerprint density at radius 1 is 0.923 bits per heavy atom. The molecule has 39 heavy (non-hydrogen) atoms. The molecule has 188 valence electrons. The lowest BCUT2D eigenvalue weighted by atomic mass is 10.1. The molecule has 0 aliphatic rings. The van der Waals surface area contributed by atoms with Crippen molar-refractivity contribution in [2.75, 3.05) is 5.32 Å². The highest BCUT2D eigenvalue weighted by molar-refractivity contribution is 7.14. The number of rotatable bonds is 5. The molecule has 1 amide bonds. The predicted octanol–water partition coefficient (Wildman–Crippen LogP) is 6.68. The van der Waals surface area contributed by atoms with Crippen molar-refractivity contribution in [1.82, 2.24) is 30.1 Å². The van der Waals surface area contributed by atoms with E-state index >= 15 is 0 Å². The first-order valence-electron chi connectivity index (χ1n) is 12.0. The number of thiophene rings is 1. The van der Waals surface area contributed by atoms with Crippen molar-refractivity contribution in [3.05, 3.63) is 102 Å². The monoisotopic (exact) mass is 531 g/mol. The highest BCUT2D eigenvalue weighted by atomic mass is 32.1. The third kappa shape index (κ3) is 4.22. The van der Waals surface area contributed by atoms with E-state index in [1.807, 2.05) is 48.5 Å². The van der Waals surface area contributed by atoms with Gasteiger partial charge in [-0.05, 0) is 42.5 Å². The van der Waals surface area contributed by atoms with Gasteiger partial charge in [-0.25, -0.2) is 4.98 Å². The first-order valence-corrected chi connectivity index (χ1v) is 12.8. The van der Waals surface area contributed by atoms with Crippen LogP contribution in [0.2, 0.25) is 0 Å². The zero-order valence-electron chi connectivity index (χ0n) is 20.1. The third-order valence-electron chi connectivity index (χ3n) is 6.35. The van der Waals surface area contributed by atoms with Gasteiger partial charge in [-0.2, -0.15) is 9.49 Å². The second kappa shape index (κ2) is 9.26. The van der Waals surface area contributed by atoms with Gasteiger partial charge in [0.25, 0.3) is 5.91 Å². The summed E-state index contributed by atoms with van der Waals surface area (Å²) in [7, 11) is 0. The number of nitrogens with zero attached hydrogens (tertiary/aromatic N) is 4. The fraction of sp³-hybridized carbons (Fsp3) is 0. The van der Waals surface area contributed by atoms with E-state index < -0.39 is 0 Å². The van der Waals surface area contributed by atoms with Gasteiger partial charge in [-0.3, -0.25) is 19.9 Å². The standard InChI is InChI=1S/C29H18FN7OS/c30-25-10-9-24(39-25)19-7-4-8-21-26(19)35-28(34-21)27-20-12-22(32-15-23(20)36-37-27)17-11-18(14-31-13-17)33-29(38)16-5-2-1-3-6-16/h1-15H,(H,33,38)(H,34,35)(H,36,37). The van der Waals surface area contributed by atoms with Crippen molar-refractivity contribution in [2.24, 2.45) is 0 Å². The van der Waals surface area contributed by atoms with Crippen LogP contribution in [0.25, 0.3) is 55.2 Å². The molecule has 0 unspecified atom stereocenters. The summed E-state index contributed by atoms with van der Waals surface area (Å²) in [5.74, 6) is 0.365. The Bertz CT molecular complexity index is 1990. The summed E-state index contributed by atoms with van der Waals surface area (Å²) in [5, 5.41) is 11.0. The quantitative estimate of drug-likeness (QED) is 0.229. The molecule has 0 radical (unpaired) electrons. The molecular weight excluding hydrogens is 513 g/mol. The van der Waals surface area contributed by atoms with Crippen molar-refractivity contribution in [1.29, 1.82) is 0 Å². The van der Waals surface area contributed by atoms with E-state index in [0.717, 1.165) is 49.3 Å². The van der Waals surface area contributed by atoms with Crippen molar-refractivity contribution >= 4 is 44.9 Å². The maximum Gasteiger partial charge on any atom is 0.255 e. The fourth-order valence-electron chi connectivity index (χ4n) is 4.50. The average Bonchev–Trinajstić information content (AvgIpc) is 3.71. The minimum atomic E-state index is -0.241. The predicted molar refractivity (Wildman–Crippen MR) is 150 cm³/mol. The summed E-state index contributed by atoms with van der Waals surface area (Å²) in [5.41, 5.74) is 6.33. The van der Waals surface area contributed by atoms with Gasteiger partial charge in [0.05, 0.1) is 40.3 Å². The maximum absolute atomic E-state index is 13.7. The minimum absolute atomic E-state index is 0.218. The van der Waals surface area contributed by atoms with Gasteiger partial charge >= 0.3 is 0 Å². The Morgan fingerprint density at radius 3 is 2.67 bits per heavy atom. The number of amides is 1.